The normalized spacial score (nSPS) is 22.2. The van der Waals surface area contributed by atoms with Crippen molar-refractivity contribution >= 4 is 5.69 Å². The second-order valence-corrected chi connectivity index (χ2v) is 7.81. The fourth-order valence-electron chi connectivity index (χ4n) is 3.60. The first-order valence-electron chi connectivity index (χ1n) is 10.4. The lowest BCUT2D eigenvalue weighted by Crippen LogP contribution is -2.43. The Morgan fingerprint density at radius 2 is 2.07 bits per heavy atom. The topological polar surface area (TPSA) is 100 Å². The summed E-state index contributed by atoms with van der Waals surface area (Å²) in [6.45, 7) is 7.98. The van der Waals surface area contributed by atoms with Crippen LogP contribution in [0, 0.1) is 0 Å². The molecule has 1 fully saturated rings. The molecule has 0 aliphatic carbocycles. The van der Waals surface area contributed by atoms with Crippen LogP contribution in [0.15, 0.2) is 48.9 Å². The number of hydrazine groups is 1. The minimum Gasteiger partial charge on any atom is -0.403 e. The highest BCUT2D eigenvalue weighted by Gasteiger charge is 2.28. The van der Waals surface area contributed by atoms with Gasteiger partial charge in [-0.05, 0) is 57.4 Å². The van der Waals surface area contributed by atoms with E-state index in [9.17, 15) is 5.11 Å². The van der Waals surface area contributed by atoms with Gasteiger partial charge in [-0.2, -0.15) is 0 Å². The zero-order chi connectivity index (χ0) is 21.2. The number of nitrogens with one attached hydrogen (secondary N) is 1. The molecule has 2 rings (SSSR count). The van der Waals surface area contributed by atoms with Crippen LogP contribution in [-0.2, 0) is 11.2 Å². The van der Waals surface area contributed by atoms with Gasteiger partial charge in [0, 0.05) is 43.6 Å². The summed E-state index contributed by atoms with van der Waals surface area (Å²) in [5, 5.41) is 14.7. The van der Waals surface area contributed by atoms with Crippen molar-refractivity contribution in [3.63, 3.8) is 0 Å². The number of anilines is 1. The van der Waals surface area contributed by atoms with Crippen LogP contribution in [0.1, 0.15) is 38.2 Å². The van der Waals surface area contributed by atoms with Gasteiger partial charge in [-0.15, -0.1) is 0 Å². The van der Waals surface area contributed by atoms with Gasteiger partial charge in [0.25, 0.3) is 0 Å². The third-order valence-corrected chi connectivity index (χ3v) is 5.36. The highest BCUT2D eigenvalue weighted by molar-refractivity contribution is 5.48. The highest BCUT2D eigenvalue weighted by Crippen LogP contribution is 2.22. The standard InChI is InChI=1S/C22H37N5O2/c1-17(10-13-26(3)21-15-18(2)29-22(28)16-21)25-12-4-5-19-6-8-20(9-7-19)27(24)14-11-23/h6-9,11,14,18,21-22,25,28H,1,4-5,10,12-13,15-16,23-24H2,2-3H3/b14-11-/t18-,21+,22-/m1/s1. The largest absolute Gasteiger partial charge is 0.403 e. The molecule has 7 heteroatoms. The monoisotopic (exact) mass is 403 g/mol. The molecule has 6 N–H and O–H groups in total. The average molecular weight is 404 g/mol. The lowest BCUT2D eigenvalue weighted by Gasteiger charge is -2.36. The lowest BCUT2D eigenvalue weighted by atomic mass is 10.0. The summed E-state index contributed by atoms with van der Waals surface area (Å²) in [5.74, 6) is 5.85. The molecule has 1 aromatic carbocycles. The van der Waals surface area contributed by atoms with Crippen LogP contribution >= 0.6 is 0 Å². The number of nitrogens with two attached hydrogens (primary N) is 2. The second kappa shape index (κ2) is 11.8. The van der Waals surface area contributed by atoms with Crippen LogP contribution in [-0.4, -0.2) is 48.6 Å². The Bertz CT molecular complexity index is 639. The molecular formula is C22H37N5O2. The quantitative estimate of drug-likeness (QED) is 0.255. The van der Waals surface area contributed by atoms with Gasteiger partial charge < -0.3 is 25.8 Å². The molecule has 0 bridgehead atoms. The number of aryl methyl sites for hydroxylation is 1. The summed E-state index contributed by atoms with van der Waals surface area (Å²) >= 11 is 0. The van der Waals surface area contributed by atoms with Crippen molar-refractivity contribution in [3.8, 4) is 0 Å². The van der Waals surface area contributed by atoms with Crippen LogP contribution < -0.4 is 21.9 Å². The third-order valence-electron chi connectivity index (χ3n) is 5.36. The van der Waals surface area contributed by atoms with Crippen LogP contribution in [0.3, 0.4) is 0 Å². The van der Waals surface area contributed by atoms with E-state index in [1.165, 1.54) is 16.8 Å². The van der Waals surface area contributed by atoms with E-state index in [0.717, 1.165) is 50.2 Å². The number of ether oxygens (including phenoxy) is 1. The Balaban J connectivity index is 1.62. The molecule has 3 atom stereocenters. The van der Waals surface area contributed by atoms with Crippen molar-refractivity contribution < 1.29 is 9.84 Å². The van der Waals surface area contributed by atoms with E-state index in [1.54, 1.807) is 6.20 Å². The Morgan fingerprint density at radius 1 is 1.34 bits per heavy atom. The maximum Gasteiger partial charge on any atom is 0.156 e. The van der Waals surface area contributed by atoms with Crippen LogP contribution in [0.25, 0.3) is 0 Å². The number of benzene rings is 1. The second-order valence-electron chi connectivity index (χ2n) is 7.81. The van der Waals surface area contributed by atoms with Gasteiger partial charge in [-0.3, -0.25) is 5.01 Å². The van der Waals surface area contributed by atoms with Gasteiger partial charge in [0.2, 0.25) is 0 Å². The van der Waals surface area contributed by atoms with Crippen molar-refractivity contribution in [3.05, 3.63) is 54.5 Å². The van der Waals surface area contributed by atoms with E-state index >= 15 is 0 Å². The Kier molecular flexibility index (Phi) is 9.47. The van der Waals surface area contributed by atoms with Gasteiger partial charge in [0.15, 0.2) is 6.29 Å². The number of hydrogen-bond donors (Lipinski definition) is 4. The fourth-order valence-corrected chi connectivity index (χ4v) is 3.60. The summed E-state index contributed by atoms with van der Waals surface area (Å²) in [7, 11) is 2.11. The summed E-state index contributed by atoms with van der Waals surface area (Å²) in [6, 6.07) is 8.52. The van der Waals surface area contributed by atoms with Crippen molar-refractivity contribution in [1.29, 1.82) is 0 Å². The van der Waals surface area contributed by atoms with Gasteiger partial charge in [-0.25, -0.2) is 5.84 Å². The zero-order valence-electron chi connectivity index (χ0n) is 17.8. The molecule has 0 amide bonds. The van der Waals surface area contributed by atoms with Crippen molar-refractivity contribution in [2.45, 2.75) is 57.5 Å². The Morgan fingerprint density at radius 3 is 2.72 bits per heavy atom. The first-order valence-corrected chi connectivity index (χ1v) is 10.4. The van der Waals surface area contributed by atoms with Crippen molar-refractivity contribution in [2.75, 3.05) is 25.1 Å². The van der Waals surface area contributed by atoms with E-state index in [2.05, 4.69) is 36.0 Å². The first-order chi connectivity index (χ1) is 13.9. The average Bonchev–Trinajstić information content (AvgIpc) is 2.69. The van der Waals surface area contributed by atoms with Gasteiger partial charge in [0.1, 0.15) is 0 Å². The summed E-state index contributed by atoms with van der Waals surface area (Å²) < 4.78 is 5.41. The van der Waals surface area contributed by atoms with E-state index in [1.807, 2.05) is 19.1 Å². The minimum atomic E-state index is -0.647. The predicted molar refractivity (Wildman–Crippen MR) is 119 cm³/mol. The molecule has 0 saturated carbocycles. The van der Waals surface area contributed by atoms with Crippen LogP contribution in [0.2, 0.25) is 0 Å². The minimum absolute atomic E-state index is 0.103. The van der Waals surface area contributed by atoms with E-state index in [0.29, 0.717) is 12.5 Å². The molecular weight excluding hydrogens is 366 g/mol. The maximum absolute atomic E-state index is 9.78. The molecule has 162 valence electrons. The molecule has 1 aliphatic heterocycles. The lowest BCUT2D eigenvalue weighted by molar-refractivity contribution is -0.173. The number of rotatable bonds is 11. The van der Waals surface area contributed by atoms with Crippen molar-refractivity contribution in [2.24, 2.45) is 11.6 Å². The van der Waals surface area contributed by atoms with Crippen molar-refractivity contribution in [1.82, 2.24) is 10.2 Å². The molecule has 1 aromatic rings. The molecule has 0 aromatic heterocycles. The van der Waals surface area contributed by atoms with E-state index in [4.69, 9.17) is 16.3 Å². The fraction of sp³-hybridized carbons (Fsp3) is 0.545. The molecule has 1 aliphatic rings. The predicted octanol–water partition coefficient (Wildman–Crippen LogP) is 2.04. The summed E-state index contributed by atoms with van der Waals surface area (Å²) in [4.78, 5) is 2.30. The van der Waals surface area contributed by atoms with Gasteiger partial charge >= 0.3 is 0 Å². The highest BCUT2D eigenvalue weighted by atomic mass is 16.6. The first kappa shape index (κ1) is 23.2. The molecule has 7 nitrogen and oxygen atoms in total. The summed E-state index contributed by atoms with van der Waals surface area (Å²) in [5.41, 5.74) is 8.59. The van der Waals surface area contributed by atoms with Crippen LogP contribution in [0.4, 0.5) is 5.69 Å². The Labute approximate surface area is 175 Å². The van der Waals surface area contributed by atoms with E-state index < -0.39 is 6.29 Å². The Hall–Kier alpha value is -2.06. The number of hydrogen-bond acceptors (Lipinski definition) is 7. The van der Waals surface area contributed by atoms with Crippen LogP contribution in [0.5, 0.6) is 0 Å². The smallest absolute Gasteiger partial charge is 0.156 e. The third kappa shape index (κ3) is 8.06. The molecule has 0 radical (unpaired) electrons. The SMILES string of the molecule is C=C(CCN(C)[C@H]1C[C@@H](C)O[C@@H](O)C1)NCCCc1ccc(N(N)/C=C\N)cc1. The molecule has 0 spiro atoms. The maximum atomic E-state index is 9.78. The summed E-state index contributed by atoms with van der Waals surface area (Å²) in [6.07, 6.45) is 7.04. The van der Waals surface area contributed by atoms with E-state index in [-0.39, 0.29) is 6.10 Å². The van der Waals surface area contributed by atoms with Gasteiger partial charge in [0.05, 0.1) is 11.8 Å². The number of nitrogens with zero attached hydrogens (tertiary/aromatic N) is 2. The molecule has 0 unspecified atom stereocenters. The molecule has 1 saturated heterocycles. The number of aliphatic hydroxyl groups is 1. The zero-order valence-corrected chi connectivity index (χ0v) is 17.8. The molecule has 29 heavy (non-hydrogen) atoms. The van der Waals surface area contributed by atoms with Gasteiger partial charge in [-0.1, -0.05) is 18.7 Å². The number of aliphatic hydroxyl groups excluding tert-OH is 1. The molecule has 1 heterocycles.